The molecule has 0 aliphatic carbocycles. The second-order valence-electron chi connectivity index (χ2n) is 4.96. The van der Waals surface area contributed by atoms with E-state index in [1.807, 2.05) is 4.90 Å². The molecule has 20 heavy (non-hydrogen) atoms. The lowest BCUT2D eigenvalue weighted by Crippen LogP contribution is -2.39. The summed E-state index contributed by atoms with van der Waals surface area (Å²) in [5.74, 6) is 0.484. The average molecular weight is 292 g/mol. The van der Waals surface area contributed by atoms with E-state index in [4.69, 9.17) is 0 Å². The molecule has 108 valence electrons. The van der Waals surface area contributed by atoms with Crippen molar-refractivity contribution in [2.45, 2.75) is 25.2 Å². The standard InChI is InChI=1S/C15H20N2O2S/c1-2-14(18)16-7-3-15(19)17-8-4-12(5-9-17)13-6-10-20-11-13/h2,6,10-12H,1,3-5,7-9H2,(H,16,18). The minimum atomic E-state index is -0.228. The van der Waals surface area contributed by atoms with Gasteiger partial charge in [-0.15, -0.1) is 0 Å². The minimum absolute atomic E-state index is 0.123. The van der Waals surface area contributed by atoms with E-state index < -0.39 is 0 Å². The first-order chi connectivity index (χ1) is 9.70. The number of nitrogens with zero attached hydrogens (tertiary/aromatic N) is 1. The molecule has 0 aromatic carbocycles. The van der Waals surface area contributed by atoms with Crippen LogP contribution in [0.4, 0.5) is 0 Å². The lowest BCUT2D eigenvalue weighted by Gasteiger charge is -2.32. The van der Waals surface area contributed by atoms with E-state index in [1.165, 1.54) is 11.6 Å². The summed E-state index contributed by atoms with van der Waals surface area (Å²) in [4.78, 5) is 24.9. The van der Waals surface area contributed by atoms with E-state index in [0.29, 0.717) is 18.9 Å². The summed E-state index contributed by atoms with van der Waals surface area (Å²) in [5.41, 5.74) is 1.40. The third kappa shape index (κ3) is 3.93. The van der Waals surface area contributed by atoms with Gasteiger partial charge in [0.15, 0.2) is 0 Å². The molecule has 1 aliphatic heterocycles. The molecular formula is C15H20N2O2S. The van der Waals surface area contributed by atoms with Crippen LogP contribution >= 0.6 is 11.3 Å². The maximum Gasteiger partial charge on any atom is 0.243 e. The van der Waals surface area contributed by atoms with Gasteiger partial charge in [0.1, 0.15) is 0 Å². The Bertz CT molecular complexity index is 462. The van der Waals surface area contributed by atoms with Crippen molar-refractivity contribution >= 4 is 23.2 Å². The summed E-state index contributed by atoms with van der Waals surface area (Å²) < 4.78 is 0. The SMILES string of the molecule is C=CC(=O)NCCC(=O)N1CCC(c2ccsc2)CC1. The molecule has 0 bridgehead atoms. The third-order valence-corrected chi connectivity index (χ3v) is 4.39. The number of nitrogens with one attached hydrogen (secondary N) is 1. The van der Waals surface area contributed by atoms with Crippen molar-refractivity contribution in [3.05, 3.63) is 35.0 Å². The number of likely N-dealkylation sites (tertiary alicyclic amines) is 1. The quantitative estimate of drug-likeness (QED) is 0.845. The molecule has 1 fully saturated rings. The zero-order valence-electron chi connectivity index (χ0n) is 11.5. The second-order valence-corrected chi connectivity index (χ2v) is 5.74. The zero-order valence-corrected chi connectivity index (χ0v) is 12.3. The van der Waals surface area contributed by atoms with Crippen molar-refractivity contribution in [3.63, 3.8) is 0 Å². The fraction of sp³-hybridized carbons (Fsp3) is 0.467. The van der Waals surface area contributed by atoms with Gasteiger partial charge in [-0.05, 0) is 47.2 Å². The van der Waals surface area contributed by atoms with Crippen molar-refractivity contribution in [1.29, 1.82) is 0 Å². The van der Waals surface area contributed by atoms with Gasteiger partial charge in [0, 0.05) is 26.1 Å². The predicted molar refractivity (Wildman–Crippen MR) is 80.7 cm³/mol. The van der Waals surface area contributed by atoms with E-state index >= 15 is 0 Å². The fourth-order valence-electron chi connectivity index (χ4n) is 2.49. The Balaban J connectivity index is 1.71. The van der Waals surface area contributed by atoms with Gasteiger partial charge >= 0.3 is 0 Å². The van der Waals surface area contributed by atoms with Gasteiger partial charge in [-0.3, -0.25) is 9.59 Å². The predicted octanol–water partition coefficient (Wildman–Crippen LogP) is 2.15. The number of hydrogen-bond acceptors (Lipinski definition) is 3. The first-order valence-corrected chi connectivity index (χ1v) is 7.85. The number of amides is 2. The highest BCUT2D eigenvalue weighted by Gasteiger charge is 2.23. The van der Waals surface area contributed by atoms with Crippen LogP contribution in [0.25, 0.3) is 0 Å². The lowest BCUT2D eigenvalue weighted by atomic mass is 9.91. The number of piperidine rings is 1. The smallest absolute Gasteiger partial charge is 0.243 e. The summed E-state index contributed by atoms with van der Waals surface area (Å²) in [6, 6.07) is 2.18. The highest BCUT2D eigenvalue weighted by Crippen LogP contribution is 2.29. The molecule has 1 aromatic rings. The molecule has 2 rings (SSSR count). The number of carbonyl (C=O) groups is 2. The maximum absolute atomic E-state index is 12.0. The third-order valence-electron chi connectivity index (χ3n) is 3.69. The number of thiophene rings is 1. The lowest BCUT2D eigenvalue weighted by molar-refractivity contribution is -0.132. The molecule has 1 aromatic heterocycles. The Kier molecular flexibility index (Phi) is 5.35. The molecule has 1 aliphatic rings. The Hall–Kier alpha value is -1.62. The van der Waals surface area contributed by atoms with Crippen molar-refractivity contribution in [1.82, 2.24) is 10.2 Å². The van der Waals surface area contributed by atoms with Crippen LogP contribution in [0.1, 0.15) is 30.7 Å². The molecular weight excluding hydrogens is 272 g/mol. The number of rotatable bonds is 5. The van der Waals surface area contributed by atoms with Crippen LogP contribution in [-0.2, 0) is 9.59 Å². The molecule has 4 nitrogen and oxygen atoms in total. The minimum Gasteiger partial charge on any atom is -0.352 e. The Morgan fingerprint density at radius 1 is 1.45 bits per heavy atom. The van der Waals surface area contributed by atoms with Crippen molar-refractivity contribution in [3.8, 4) is 0 Å². The summed E-state index contributed by atoms with van der Waals surface area (Å²) in [5, 5.41) is 6.94. The number of hydrogen-bond donors (Lipinski definition) is 1. The summed E-state index contributed by atoms with van der Waals surface area (Å²) in [6.07, 6.45) is 3.64. The van der Waals surface area contributed by atoms with Crippen molar-refractivity contribution in [2.75, 3.05) is 19.6 Å². The molecule has 0 saturated carbocycles. The maximum atomic E-state index is 12.0. The van der Waals surface area contributed by atoms with Crippen LogP contribution in [0.3, 0.4) is 0 Å². The molecule has 2 heterocycles. The van der Waals surface area contributed by atoms with E-state index in [0.717, 1.165) is 25.9 Å². The molecule has 5 heteroatoms. The first-order valence-electron chi connectivity index (χ1n) is 6.91. The van der Waals surface area contributed by atoms with Crippen LogP contribution in [-0.4, -0.2) is 36.3 Å². The fourth-order valence-corrected chi connectivity index (χ4v) is 3.23. The van der Waals surface area contributed by atoms with Gasteiger partial charge in [-0.25, -0.2) is 0 Å². The molecule has 1 saturated heterocycles. The van der Waals surface area contributed by atoms with Crippen LogP contribution < -0.4 is 5.32 Å². The Morgan fingerprint density at radius 2 is 2.20 bits per heavy atom. The van der Waals surface area contributed by atoms with Crippen LogP contribution in [0.15, 0.2) is 29.5 Å². The van der Waals surface area contributed by atoms with Crippen molar-refractivity contribution in [2.24, 2.45) is 0 Å². The van der Waals surface area contributed by atoms with Gasteiger partial charge in [0.25, 0.3) is 0 Å². The summed E-state index contributed by atoms with van der Waals surface area (Å²) in [7, 11) is 0. The largest absolute Gasteiger partial charge is 0.352 e. The normalized spacial score (nSPS) is 15.9. The summed E-state index contributed by atoms with van der Waals surface area (Å²) >= 11 is 1.73. The highest BCUT2D eigenvalue weighted by atomic mass is 32.1. The monoisotopic (exact) mass is 292 g/mol. The Morgan fingerprint density at radius 3 is 2.80 bits per heavy atom. The number of carbonyl (C=O) groups excluding carboxylic acids is 2. The molecule has 1 N–H and O–H groups in total. The average Bonchev–Trinajstić information content (AvgIpc) is 3.01. The van der Waals surface area contributed by atoms with Crippen LogP contribution in [0.2, 0.25) is 0 Å². The van der Waals surface area contributed by atoms with Gasteiger partial charge in [0.05, 0.1) is 0 Å². The molecule has 2 amide bonds. The molecule has 0 spiro atoms. The van der Waals surface area contributed by atoms with Gasteiger partial charge in [0.2, 0.25) is 11.8 Å². The van der Waals surface area contributed by atoms with Crippen molar-refractivity contribution < 1.29 is 9.59 Å². The van der Waals surface area contributed by atoms with Gasteiger partial charge < -0.3 is 10.2 Å². The summed E-state index contributed by atoms with van der Waals surface area (Å²) in [6.45, 7) is 5.39. The zero-order chi connectivity index (χ0) is 14.4. The topological polar surface area (TPSA) is 49.4 Å². The highest BCUT2D eigenvalue weighted by molar-refractivity contribution is 7.07. The van der Waals surface area contributed by atoms with E-state index in [-0.39, 0.29) is 11.8 Å². The van der Waals surface area contributed by atoms with Crippen LogP contribution in [0, 0.1) is 0 Å². The van der Waals surface area contributed by atoms with E-state index in [2.05, 4.69) is 28.7 Å². The second kappa shape index (κ2) is 7.24. The van der Waals surface area contributed by atoms with Gasteiger partial charge in [-0.2, -0.15) is 11.3 Å². The Labute approximate surface area is 123 Å². The van der Waals surface area contributed by atoms with E-state index in [9.17, 15) is 9.59 Å². The first kappa shape index (κ1) is 14.8. The van der Waals surface area contributed by atoms with Gasteiger partial charge in [-0.1, -0.05) is 6.58 Å². The molecule has 0 radical (unpaired) electrons. The molecule has 0 atom stereocenters. The van der Waals surface area contributed by atoms with Crippen LogP contribution in [0.5, 0.6) is 0 Å². The van der Waals surface area contributed by atoms with E-state index in [1.54, 1.807) is 11.3 Å². The molecule has 0 unspecified atom stereocenters.